The van der Waals surface area contributed by atoms with Crippen LogP contribution >= 0.6 is 11.6 Å². The molecule has 0 saturated carbocycles. The van der Waals surface area contributed by atoms with E-state index in [1.165, 1.54) is 6.07 Å². The predicted molar refractivity (Wildman–Crippen MR) is 84.1 cm³/mol. The van der Waals surface area contributed by atoms with E-state index in [2.05, 4.69) is 28.7 Å². The Balaban J connectivity index is 2.42. The molecular formula is C16H21ClFN3. The summed E-state index contributed by atoms with van der Waals surface area (Å²) in [6.07, 6.45) is 5.66. The van der Waals surface area contributed by atoms with Gasteiger partial charge in [-0.1, -0.05) is 25.4 Å². The molecule has 1 heterocycles. The summed E-state index contributed by atoms with van der Waals surface area (Å²) in [6, 6.07) is 4.36. The van der Waals surface area contributed by atoms with Gasteiger partial charge in [-0.25, -0.2) is 9.37 Å². The fraction of sp³-hybridized carbons (Fsp3) is 0.438. The molecule has 1 N–H and O–H groups in total. The molecule has 0 bridgehead atoms. The molecule has 21 heavy (non-hydrogen) atoms. The third-order valence-corrected chi connectivity index (χ3v) is 3.57. The molecule has 114 valence electrons. The average molecular weight is 310 g/mol. The van der Waals surface area contributed by atoms with Crippen molar-refractivity contribution >= 4 is 11.6 Å². The number of nitrogens with zero attached hydrogens (tertiary/aromatic N) is 2. The van der Waals surface area contributed by atoms with Crippen molar-refractivity contribution in [1.82, 2.24) is 14.9 Å². The number of hydrogen-bond acceptors (Lipinski definition) is 2. The number of halogens is 2. The quantitative estimate of drug-likeness (QED) is 0.831. The molecule has 2 rings (SSSR count). The highest BCUT2D eigenvalue weighted by Gasteiger charge is 2.22. The summed E-state index contributed by atoms with van der Waals surface area (Å²) in [5.74, 6) is 0.561. The van der Waals surface area contributed by atoms with Gasteiger partial charge in [0.15, 0.2) is 0 Å². The van der Waals surface area contributed by atoms with Crippen LogP contribution in [0, 0.1) is 5.82 Å². The molecule has 3 nitrogen and oxygen atoms in total. The van der Waals surface area contributed by atoms with Crippen LogP contribution in [0.25, 0.3) is 0 Å². The minimum atomic E-state index is -0.287. The van der Waals surface area contributed by atoms with Gasteiger partial charge in [0.1, 0.15) is 11.6 Å². The molecular weight excluding hydrogens is 289 g/mol. The van der Waals surface area contributed by atoms with Crippen LogP contribution in [0.15, 0.2) is 30.6 Å². The van der Waals surface area contributed by atoms with Crippen LogP contribution in [-0.4, -0.2) is 16.1 Å². The highest BCUT2D eigenvalue weighted by atomic mass is 35.5. The predicted octanol–water partition coefficient (Wildman–Crippen LogP) is 4.17. The fourth-order valence-electron chi connectivity index (χ4n) is 2.38. The van der Waals surface area contributed by atoms with Crippen molar-refractivity contribution < 1.29 is 4.39 Å². The molecule has 0 saturated heterocycles. The van der Waals surface area contributed by atoms with Crippen LogP contribution in [0.3, 0.4) is 0 Å². The second-order valence-corrected chi connectivity index (χ2v) is 5.47. The lowest BCUT2D eigenvalue weighted by atomic mass is 10.0. The van der Waals surface area contributed by atoms with Gasteiger partial charge in [-0.2, -0.15) is 0 Å². The second kappa shape index (κ2) is 7.57. The van der Waals surface area contributed by atoms with Gasteiger partial charge < -0.3 is 9.88 Å². The van der Waals surface area contributed by atoms with Crippen molar-refractivity contribution in [2.24, 2.45) is 0 Å². The largest absolute Gasteiger partial charge is 0.333 e. The number of rotatable bonds is 7. The number of hydrogen-bond donors (Lipinski definition) is 1. The van der Waals surface area contributed by atoms with Crippen LogP contribution < -0.4 is 5.32 Å². The normalized spacial score (nSPS) is 12.6. The van der Waals surface area contributed by atoms with Crippen molar-refractivity contribution in [1.29, 1.82) is 0 Å². The Labute approximate surface area is 130 Å². The third kappa shape index (κ3) is 3.83. The van der Waals surface area contributed by atoms with Crippen LogP contribution in [0.2, 0.25) is 5.02 Å². The first-order chi connectivity index (χ1) is 10.2. The summed E-state index contributed by atoms with van der Waals surface area (Å²) in [5, 5.41) is 3.90. The van der Waals surface area contributed by atoms with Crippen molar-refractivity contribution in [3.8, 4) is 0 Å². The monoisotopic (exact) mass is 309 g/mol. The van der Waals surface area contributed by atoms with E-state index in [-0.39, 0.29) is 11.9 Å². The Morgan fingerprint density at radius 2 is 2.14 bits per heavy atom. The summed E-state index contributed by atoms with van der Waals surface area (Å²) < 4.78 is 16.3. The van der Waals surface area contributed by atoms with Crippen LogP contribution in [0.5, 0.6) is 0 Å². The molecule has 0 aliphatic rings. The molecule has 1 aromatic heterocycles. The van der Waals surface area contributed by atoms with Gasteiger partial charge in [0.2, 0.25) is 0 Å². The molecule has 0 spiro atoms. The van der Waals surface area contributed by atoms with Gasteiger partial charge in [-0.05, 0) is 37.6 Å². The maximum atomic E-state index is 14.2. The van der Waals surface area contributed by atoms with Crippen LogP contribution in [-0.2, 0) is 6.54 Å². The molecule has 0 aliphatic heterocycles. The Morgan fingerprint density at radius 3 is 2.86 bits per heavy atom. The zero-order valence-corrected chi connectivity index (χ0v) is 13.2. The lowest BCUT2D eigenvalue weighted by Crippen LogP contribution is -2.27. The molecule has 0 amide bonds. The topological polar surface area (TPSA) is 29.9 Å². The van der Waals surface area contributed by atoms with Gasteiger partial charge in [0.05, 0.1) is 6.04 Å². The zero-order chi connectivity index (χ0) is 15.2. The van der Waals surface area contributed by atoms with Gasteiger partial charge in [-0.15, -0.1) is 0 Å². The first kappa shape index (κ1) is 16.0. The van der Waals surface area contributed by atoms with E-state index in [0.717, 1.165) is 31.8 Å². The lowest BCUT2D eigenvalue weighted by Gasteiger charge is -2.20. The Bertz CT molecular complexity index is 583. The molecule has 5 heteroatoms. The standard InChI is InChI=1S/C16H21ClFN3/c1-3-7-19-15(13-11-12(17)5-6-14(13)18)16-20-8-10-21(16)9-4-2/h5-6,8,10-11,15,19H,3-4,7,9H2,1-2H3. The molecule has 1 aromatic carbocycles. The SMILES string of the molecule is CCCNC(c1cc(Cl)ccc1F)c1nccn1CCC. The first-order valence-electron chi connectivity index (χ1n) is 7.36. The number of aromatic nitrogens is 2. The van der Waals surface area contributed by atoms with E-state index in [0.29, 0.717) is 10.6 Å². The van der Waals surface area contributed by atoms with Crippen molar-refractivity contribution in [3.05, 3.63) is 52.8 Å². The summed E-state index contributed by atoms with van der Waals surface area (Å²) in [5.41, 5.74) is 0.541. The van der Waals surface area contributed by atoms with E-state index in [4.69, 9.17) is 11.6 Å². The second-order valence-electron chi connectivity index (χ2n) is 5.03. The molecule has 1 unspecified atom stereocenters. The number of nitrogens with one attached hydrogen (secondary N) is 1. The third-order valence-electron chi connectivity index (χ3n) is 3.34. The zero-order valence-electron chi connectivity index (χ0n) is 12.4. The van der Waals surface area contributed by atoms with Gasteiger partial charge in [0.25, 0.3) is 0 Å². The van der Waals surface area contributed by atoms with Crippen molar-refractivity contribution in [2.45, 2.75) is 39.3 Å². The van der Waals surface area contributed by atoms with Gasteiger partial charge in [-0.3, -0.25) is 0 Å². The molecule has 2 aromatic rings. The fourth-order valence-corrected chi connectivity index (χ4v) is 2.56. The smallest absolute Gasteiger partial charge is 0.130 e. The Hall–Kier alpha value is -1.39. The first-order valence-corrected chi connectivity index (χ1v) is 7.74. The minimum absolute atomic E-state index is 0.265. The Morgan fingerprint density at radius 1 is 1.33 bits per heavy atom. The summed E-state index contributed by atoms with van der Waals surface area (Å²) >= 11 is 6.04. The molecule has 0 radical (unpaired) electrons. The van der Waals surface area contributed by atoms with E-state index in [1.807, 2.05) is 6.20 Å². The number of aryl methyl sites for hydroxylation is 1. The molecule has 0 aliphatic carbocycles. The summed E-state index contributed by atoms with van der Waals surface area (Å²) in [4.78, 5) is 4.43. The van der Waals surface area contributed by atoms with E-state index in [1.54, 1.807) is 18.3 Å². The number of imidazole rings is 1. The molecule has 1 atom stereocenters. The Kier molecular flexibility index (Phi) is 5.76. The minimum Gasteiger partial charge on any atom is -0.333 e. The van der Waals surface area contributed by atoms with Crippen LogP contribution in [0.1, 0.15) is 44.1 Å². The van der Waals surface area contributed by atoms with E-state index < -0.39 is 0 Å². The average Bonchev–Trinajstić information content (AvgIpc) is 2.92. The highest BCUT2D eigenvalue weighted by molar-refractivity contribution is 6.30. The molecule has 0 fully saturated rings. The summed E-state index contributed by atoms with van der Waals surface area (Å²) in [7, 11) is 0. The summed E-state index contributed by atoms with van der Waals surface area (Å²) in [6.45, 7) is 5.84. The van der Waals surface area contributed by atoms with E-state index >= 15 is 0 Å². The highest BCUT2D eigenvalue weighted by Crippen LogP contribution is 2.26. The number of benzene rings is 1. The van der Waals surface area contributed by atoms with Crippen LogP contribution in [0.4, 0.5) is 4.39 Å². The van der Waals surface area contributed by atoms with E-state index in [9.17, 15) is 4.39 Å². The maximum absolute atomic E-state index is 14.2. The lowest BCUT2D eigenvalue weighted by molar-refractivity contribution is 0.504. The van der Waals surface area contributed by atoms with Gasteiger partial charge >= 0.3 is 0 Å². The maximum Gasteiger partial charge on any atom is 0.130 e. The van der Waals surface area contributed by atoms with Crippen molar-refractivity contribution in [2.75, 3.05) is 6.54 Å². The van der Waals surface area contributed by atoms with Crippen molar-refractivity contribution in [3.63, 3.8) is 0 Å². The van der Waals surface area contributed by atoms with Gasteiger partial charge in [0, 0.05) is 29.5 Å².